The minimum atomic E-state index is -0.295. The lowest BCUT2D eigenvalue weighted by Gasteiger charge is -2.23. The zero-order chi connectivity index (χ0) is 15.1. The van der Waals surface area contributed by atoms with Gasteiger partial charge in [-0.15, -0.1) is 11.3 Å². The number of likely N-dealkylation sites (tertiary alicyclic amines) is 1. The topological polar surface area (TPSA) is 66.7 Å². The van der Waals surface area contributed by atoms with Gasteiger partial charge in [0.1, 0.15) is 6.04 Å². The monoisotopic (exact) mass is 318 g/mol. The van der Waals surface area contributed by atoms with E-state index in [1.54, 1.807) is 16.2 Å². The summed E-state index contributed by atoms with van der Waals surface area (Å²) >= 11 is 1.55. The molecule has 4 rings (SSSR count). The highest BCUT2D eigenvalue weighted by atomic mass is 32.1. The Bertz CT molecular complexity index is 690. The quantitative estimate of drug-likeness (QED) is 0.921. The number of hydrogen-bond donors (Lipinski definition) is 1. The second-order valence-electron chi connectivity index (χ2n) is 6.03. The van der Waals surface area contributed by atoms with E-state index in [9.17, 15) is 9.59 Å². The number of imidazole rings is 1. The van der Waals surface area contributed by atoms with Crippen LogP contribution in [0.2, 0.25) is 0 Å². The van der Waals surface area contributed by atoms with E-state index < -0.39 is 0 Å². The molecule has 2 aromatic rings. The summed E-state index contributed by atoms with van der Waals surface area (Å²) in [4.78, 5) is 31.8. The van der Waals surface area contributed by atoms with Crippen molar-refractivity contribution in [2.45, 2.75) is 44.2 Å². The first-order valence-electron chi connectivity index (χ1n) is 7.71. The van der Waals surface area contributed by atoms with E-state index in [1.807, 2.05) is 22.2 Å². The van der Waals surface area contributed by atoms with E-state index in [1.165, 1.54) is 0 Å². The van der Waals surface area contributed by atoms with E-state index in [-0.39, 0.29) is 24.3 Å². The molecule has 2 amide bonds. The van der Waals surface area contributed by atoms with Gasteiger partial charge in [-0.1, -0.05) is 0 Å². The average Bonchev–Trinajstić information content (AvgIpc) is 2.92. The second-order valence-corrected chi connectivity index (χ2v) is 6.90. The number of thiazole rings is 1. The molecule has 0 bridgehead atoms. The van der Waals surface area contributed by atoms with Crippen LogP contribution in [0.5, 0.6) is 0 Å². The molecule has 1 atom stereocenters. The molecule has 6 nitrogen and oxygen atoms in total. The summed E-state index contributed by atoms with van der Waals surface area (Å²) in [6, 6.07) is 0.0433. The van der Waals surface area contributed by atoms with Gasteiger partial charge in [0.25, 0.3) is 0 Å². The molecule has 0 spiro atoms. The first-order valence-corrected chi connectivity index (χ1v) is 8.59. The Balaban J connectivity index is 1.43. The fourth-order valence-corrected chi connectivity index (χ4v) is 3.70. The number of nitrogens with zero attached hydrogens (tertiary/aromatic N) is 3. The SMILES string of the molecule is O=C(NC1CC1)C1CCCN1C(=O)Cc1cn2ccsc2n1. The predicted octanol–water partition coefficient (Wildman–Crippen LogP) is 1.21. The van der Waals surface area contributed by atoms with Crippen LogP contribution < -0.4 is 5.32 Å². The van der Waals surface area contributed by atoms with Crippen LogP contribution in [0.4, 0.5) is 0 Å². The van der Waals surface area contributed by atoms with Crippen molar-refractivity contribution in [3.63, 3.8) is 0 Å². The van der Waals surface area contributed by atoms with Crippen LogP contribution in [0.3, 0.4) is 0 Å². The molecule has 0 aromatic carbocycles. The first kappa shape index (κ1) is 13.8. The first-order chi connectivity index (χ1) is 10.7. The summed E-state index contributed by atoms with van der Waals surface area (Å²) in [6.07, 6.45) is 7.88. The van der Waals surface area contributed by atoms with Gasteiger partial charge < -0.3 is 10.2 Å². The van der Waals surface area contributed by atoms with Gasteiger partial charge in [-0.2, -0.15) is 0 Å². The van der Waals surface area contributed by atoms with Crippen LogP contribution in [-0.2, 0) is 16.0 Å². The van der Waals surface area contributed by atoms with Gasteiger partial charge in [0.2, 0.25) is 11.8 Å². The Morgan fingerprint density at radius 3 is 3.00 bits per heavy atom. The lowest BCUT2D eigenvalue weighted by Crippen LogP contribution is -2.47. The molecule has 1 aliphatic heterocycles. The molecule has 7 heteroatoms. The van der Waals surface area contributed by atoms with E-state index in [2.05, 4.69) is 10.3 Å². The molecule has 2 aromatic heterocycles. The fraction of sp³-hybridized carbons (Fsp3) is 0.533. The van der Waals surface area contributed by atoms with Crippen LogP contribution in [0.1, 0.15) is 31.4 Å². The summed E-state index contributed by atoms with van der Waals surface area (Å²) in [7, 11) is 0. The van der Waals surface area contributed by atoms with Crippen molar-refractivity contribution in [3.8, 4) is 0 Å². The number of carbonyl (C=O) groups is 2. The third-order valence-electron chi connectivity index (χ3n) is 4.28. The summed E-state index contributed by atoms with van der Waals surface area (Å²) < 4.78 is 1.93. The van der Waals surface area contributed by atoms with Crippen molar-refractivity contribution in [2.75, 3.05) is 6.54 Å². The Kier molecular flexibility index (Phi) is 3.37. The Labute approximate surface area is 132 Å². The summed E-state index contributed by atoms with van der Waals surface area (Å²) in [5.74, 6) is 0.0124. The zero-order valence-electron chi connectivity index (χ0n) is 12.2. The number of rotatable bonds is 4. The van der Waals surface area contributed by atoms with Crippen molar-refractivity contribution in [1.29, 1.82) is 0 Å². The van der Waals surface area contributed by atoms with Gasteiger partial charge in [0.15, 0.2) is 4.96 Å². The van der Waals surface area contributed by atoms with Crippen molar-refractivity contribution in [3.05, 3.63) is 23.5 Å². The predicted molar refractivity (Wildman–Crippen MR) is 82.7 cm³/mol. The minimum Gasteiger partial charge on any atom is -0.352 e. The Hall–Kier alpha value is -1.89. The van der Waals surface area contributed by atoms with Crippen LogP contribution in [-0.4, -0.2) is 44.7 Å². The molecule has 1 aliphatic carbocycles. The molecule has 1 unspecified atom stereocenters. The van der Waals surface area contributed by atoms with Crippen molar-refractivity contribution in [2.24, 2.45) is 0 Å². The van der Waals surface area contributed by atoms with Gasteiger partial charge in [0.05, 0.1) is 12.1 Å². The summed E-state index contributed by atoms with van der Waals surface area (Å²) in [6.45, 7) is 0.670. The minimum absolute atomic E-state index is 0.000741. The molecule has 0 radical (unpaired) electrons. The Morgan fingerprint density at radius 1 is 1.36 bits per heavy atom. The smallest absolute Gasteiger partial charge is 0.243 e. The van der Waals surface area contributed by atoms with Crippen molar-refractivity contribution >= 4 is 28.1 Å². The lowest BCUT2D eigenvalue weighted by atomic mass is 10.2. The van der Waals surface area contributed by atoms with Crippen LogP contribution in [0.25, 0.3) is 4.96 Å². The molecule has 3 heterocycles. The second kappa shape index (κ2) is 5.39. The number of fused-ring (bicyclic) bond motifs is 1. The largest absolute Gasteiger partial charge is 0.352 e. The number of nitrogens with one attached hydrogen (secondary N) is 1. The summed E-state index contributed by atoms with van der Waals surface area (Å²) in [5, 5.41) is 4.98. The molecule has 116 valence electrons. The standard InChI is InChI=1S/C15H18N4O2S/c20-13(8-11-9-18-6-7-22-15(18)17-11)19-5-1-2-12(19)14(21)16-10-3-4-10/h6-7,9-10,12H,1-5,8H2,(H,16,21). The number of carbonyl (C=O) groups excluding carboxylic acids is 2. The maximum absolute atomic E-state index is 12.5. The third kappa shape index (κ3) is 2.61. The Morgan fingerprint density at radius 2 is 2.23 bits per heavy atom. The summed E-state index contributed by atoms with van der Waals surface area (Å²) in [5.41, 5.74) is 0.769. The van der Waals surface area contributed by atoms with Crippen molar-refractivity contribution < 1.29 is 9.59 Å². The van der Waals surface area contributed by atoms with Gasteiger partial charge in [-0.25, -0.2) is 4.98 Å². The third-order valence-corrected chi connectivity index (χ3v) is 5.05. The highest BCUT2D eigenvalue weighted by Gasteiger charge is 2.36. The van der Waals surface area contributed by atoms with Gasteiger partial charge >= 0.3 is 0 Å². The number of amides is 2. The average molecular weight is 318 g/mol. The van der Waals surface area contributed by atoms with E-state index in [4.69, 9.17) is 0 Å². The highest BCUT2D eigenvalue weighted by Crippen LogP contribution is 2.23. The van der Waals surface area contributed by atoms with Gasteiger partial charge in [-0.3, -0.25) is 14.0 Å². The molecule has 1 saturated heterocycles. The maximum Gasteiger partial charge on any atom is 0.243 e. The molecular weight excluding hydrogens is 300 g/mol. The van der Waals surface area contributed by atoms with Gasteiger partial charge in [0, 0.05) is 30.4 Å². The normalized spacial score (nSPS) is 21.5. The number of aromatic nitrogens is 2. The highest BCUT2D eigenvalue weighted by molar-refractivity contribution is 7.15. The van der Waals surface area contributed by atoms with Crippen LogP contribution in [0, 0.1) is 0 Å². The molecule has 2 fully saturated rings. The van der Waals surface area contributed by atoms with Crippen LogP contribution in [0.15, 0.2) is 17.8 Å². The molecule has 1 N–H and O–H groups in total. The maximum atomic E-state index is 12.5. The van der Waals surface area contributed by atoms with E-state index in [0.29, 0.717) is 12.6 Å². The molecule has 1 saturated carbocycles. The van der Waals surface area contributed by atoms with E-state index >= 15 is 0 Å². The zero-order valence-corrected chi connectivity index (χ0v) is 13.0. The lowest BCUT2D eigenvalue weighted by molar-refractivity contribution is -0.138. The molecule has 2 aliphatic rings. The molecular formula is C15H18N4O2S. The number of hydrogen-bond acceptors (Lipinski definition) is 4. The van der Waals surface area contributed by atoms with Crippen molar-refractivity contribution in [1.82, 2.24) is 19.6 Å². The molecule has 22 heavy (non-hydrogen) atoms. The fourth-order valence-electron chi connectivity index (χ4n) is 2.98. The van der Waals surface area contributed by atoms with E-state index in [0.717, 1.165) is 36.3 Å². The van der Waals surface area contributed by atoms with Gasteiger partial charge in [-0.05, 0) is 25.7 Å². The van der Waals surface area contributed by atoms with Crippen LogP contribution >= 0.6 is 11.3 Å².